The third-order valence-corrected chi connectivity index (χ3v) is 4.91. The maximum Gasteiger partial charge on any atom is 0.228 e. The molecule has 0 aromatic carbocycles. The van der Waals surface area contributed by atoms with Gasteiger partial charge in [-0.25, -0.2) is 0 Å². The van der Waals surface area contributed by atoms with Crippen molar-refractivity contribution in [2.75, 3.05) is 19.6 Å². The zero-order chi connectivity index (χ0) is 17.7. The normalized spacial score (nSPS) is 22.4. The van der Waals surface area contributed by atoms with E-state index in [-0.39, 0.29) is 11.8 Å². The molecule has 0 aliphatic heterocycles. The number of carbonyl (C=O) groups excluding carboxylic acids is 2. The Labute approximate surface area is 144 Å². The van der Waals surface area contributed by atoms with E-state index in [1.165, 1.54) is 6.92 Å². The summed E-state index contributed by atoms with van der Waals surface area (Å²) in [5, 5.41) is 2.89. The highest BCUT2D eigenvalue weighted by Crippen LogP contribution is 2.49. The van der Waals surface area contributed by atoms with Gasteiger partial charge in [-0.1, -0.05) is 44.2 Å². The van der Waals surface area contributed by atoms with E-state index in [0.29, 0.717) is 12.8 Å². The van der Waals surface area contributed by atoms with Crippen molar-refractivity contribution in [3.63, 3.8) is 0 Å². The lowest BCUT2D eigenvalue weighted by atomic mass is 9.75. The molecule has 1 unspecified atom stereocenters. The van der Waals surface area contributed by atoms with Crippen molar-refractivity contribution >= 4 is 11.8 Å². The van der Waals surface area contributed by atoms with Crippen LogP contribution in [0.3, 0.4) is 0 Å². The molecular formula is C19H27N3O2. The fraction of sp³-hybridized carbons (Fsp3) is 0.474. The summed E-state index contributed by atoms with van der Waals surface area (Å²) in [6, 6.07) is 0. The van der Waals surface area contributed by atoms with Crippen LogP contribution in [0, 0.1) is 5.41 Å². The van der Waals surface area contributed by atoms with Crippen molar-refractivity contribution in [1.29, 1.82) is 0 Å². The first-order valence-electron chi connectivity index (χ1n) is 8.53. The van der Waals surface area contributed by atoms with Crippen molar-refractivity contribution < 1.29 is 9.59 Å². The lowest BCUT2D eigenvalue weighted by Crippen LogP contribution is -2.41. The molecule has 2 rings (SSSR count). The second-order valence-corrected chi connectivity index (χ2v) is 6.30. The van der Waals surface area contributed by atoms with Crippen LogP contribution in [-0.4, -0.2) is 36.3 Å². The number of amides is 2. The molecule has 130 valence electrons. The Morgan fingerprint density at radius 3 is 2.54 bits per heavy atom. The first kappa shape index (κ1) is 18.2. The molecular weight excluding hydrogens is 302 g/mol. The second kappa shape index (κ2) is 7.62. The van der Waals surface area contributed by atoms with Crippen molar-refractivity contribution in [3.8, 4) is 0 Å². The molecule has 2 aliphatic rings. The molecule has 0 saturated heterocycles. The molecule has 2 amide bonds. The highest BCUT2D eigenvalue weighted by atomic mass is 16.2. The van der Waals surface area contributed by atoms with Crippen LogP contribution in [0.4, 0.5) is 0 Å². The van der Waals surface area contributed by atoms with Crippen LogP contribution in [0.15, 0.2) is 47.2 Å². The smallest absolute Gasteiger partial charge is 0.228 e. The number of hydrogen-bond acceptors (Lipinski definition) is 3. The van der Waals surface area contributed by atoms with Crippen LogP contribution in [-0.2, 0) is 9.59 Å². The van der Waals surface area contributed by atoms with Crippen molar-refractivity contribution in [1.82, 2.24) is 10.2 Å². The molecule has 0 bridgehead atoms. The average Bonchev–Trinajstić information content (AvgIpc) is 2.69. The number of carbonyl (C=O) groups is 2. The summed E-state index contributed by atoms with van der Waals surface area (Å²) in [7, 11) is 0. The second-order valence-electron chi connectivity index (χ2n) is 6.30. The number of nitrogens with one attached hydrogen (secondary N) is 1. The maximum absolute atomic E-state index is 12.5. The van der Waals surface area contributed by atoms with Crippen LogP contribution in [0.5, 0.6) is 0 Å². The minimum absolute atomic E-state index is 0.133. The number of allylic oxidation sites excluding steroid dienone is 7. The van der Waals surface area contributed by atoms with Crippen molar-refractivity contribution in [2.45, 2.75) is 33.6 Å². The lowest BCUT2D eigenvalue weighted by Gasteiger charge is -2.31. The van der Waals surface area contributed by atoms with Crippen LogP contribution < -0.4 is 11.1 Å². The molecule has 1 atom stereocenters. The van der Waals surface area contributed by atoms with Crippen molar-refractivity contribution in [3.05, 3.63) is 47.2 Å². The summed E-state index contributed by atoms with van der Waals surface area (Å²) in [6.45, 7) is 8.36. The number of primary amides is 1. The quantitative estimate of drug-likeness (QED) is 0.750. The standard InChI is InChI=1S/C19H27N3O2/c1-4-22(5-2)12-11-19(18(20)24)13-17(21-14(3)23)15-9-7-6-8-10-16(15)19/h6-10H,4-5,11-13H2,1-3H3,(H2,20,24)(H,21,23). The number of nitrogens with zero attached hydrogens (tertiary/aromatic N) is 1. The molecule has 0 saturated carbocycles. The Balaban J connectivity index is 2.40. The highest BCUT2D eigenvalue weighted by molar-refractivity contribution is 5.89. The fourth-order valence-corrected chi connectivity index (χ4v) is 3.50. The van der Waals surface area contributed by atoms with Gasteiger partial charge >= 0.3 is 0 Å². The van der Waals surface area contributed by atoms with E-state index in [1.807, 2.05) is 30.4 Å². The molecule has 0 aromatic rings. The van der Waals surface area contributed by atoms with Gasteiger partial charge in [0.15, 0.2) is 0 Å². The van der Waals surface area contributed by atoms with Gasteiger partial charge < -0.3 is 16.0 Å². The number of hydrogen-bond donors (Lipinski definition) is 2. The first-order chi connectivity index (χ1) is 11.4. The summed E-state index contributed by atoms with van der Waals surface area (Å²) in [6.07, 6.45) is 10.7. The van der Waals surface area contributed by atoms with E-state index in [9.17, 15) is 9.59 Å². The van der Waals surface area contributed by atoms with Gasteiger partial charge in [-0.2, -0.15) is 0 Å². The molecule has 0 fully saturated rings. The minimum Gasteiger partial charge on any atom is -0.369 e. The lowest BCUT2D eigenvalue weighted by molar-refractivity contribution is -0.126. The minimum atomic E-state index is -0.769. The van der Waals surface area contributed by atoms with E-state index in [1.54, 1.807) is 0 Å². The Hall–Kier alpha value is -2.14. The maximum atomic E-state index is 12.5. The fourth-order valence-electron chi connectivity index (χ4n) is 3.50. The highest BCUT2D eigenvalue weighted by Gasteiger charge is 2.47. The molecule has 3 N–H and O–H groups in total. The van der Waals surface area contributed by atoms with Gasteiger partial charge in [0, 0.05) is 19.0 Å². The summed E-state index contributed by atoms with van der Waals surface area (Å²) in [5.41, 5.74) is 7.71. The Morgan fingerprint density at radius 1 is 1.25 bits per heavy atom. The van der Waals surface area contributed by atoms with E-state index >= 15 is 0 Å². The molecule has 2 aliphatic carbocycles. The Morgan fingerprint density at radius 2 is 1.96 bits per heavy atom. The molecule has 0 radical (unpaired) electrons. The third-order valence-electron chi connectivity index (χ3n) is 4.91. The van der Waals surface area contributed by atoms with E-state index in [4.69, 9.17) is 5.73 Å². The van der Waals surface area contributed by atoms with Gasteiger partial charge in [-0.3, -0.25) is 9.59 Å². The van der Waals surface area contributed by atoms with Gasteiger partial charge in [0.05, 0.1) is 5.41 Å². The molecule has 5 nitrogen and oxygen atoms in total. The van der Waals surface area contributed by atoms with Crippen molar-refractivity contribution in [2.24, 2.45) is 11.1 Å². The predicted octanol–water partition coefficient (Wildman–Crippen LogP) is 2.04. The molecule has 0 aromatic heterocycles. The van der Waals surface area contributed by atoms with Crippen LogP contribution in [0.25, 0.3) is 0 Å². The summed E-state index contributed by atoms with van der Waals surface area (Å²) in [5.74, 6) is -0.464. The Kier molecular flexibility index (Phi) is 5.78. The first-order valence-corrected chi connectivity index (χ1v) is 8.53. The summed E-state index contributed by atoms with van der Waals surface area (Å²) >= 11 is 0. The van der Waals surface area contributed by atoms with Gasteiger partial charge in [-0.05, 0) is 37.2 Å². The predicted molar refractivity (Wildman–Crippen MR) is 95.9 cm³/mol. The van der Waals surface area contributed by atoms with Gasteiger partial charge in [-0.15, -0.1) is 0 Å². The van der Waals surface area contributed by atoms with E-state index in [0.717, 1.165) is 36.5 Å². The van der Waals surface area contributed by atoms with Gasteiger partial charge in [0.2, 0.25) is 11.8 Å². The van der Waals surface area contributed by atoms with Gasteiger partial charge in [0.25, 0.3) is 0 Å². The van der Waals surface area contributed by atoms with E-state index < -0.39 is 5.41 Å². The molecule has 5 heteroatoms. The van der Waals surface area contributed by atoms with Crippen LogP contribution >= 0.6 is 0 Å². The zero-order valence-electron chi connectivity index (χ0n) is 14.8. The summed E-state index contributed by atoms with van der Waals surface area (Å²) in [4.78, 5) is 26.3. The van der Waals surface area contributed by atoms with Crippen LogP contribution in [0.2, 0.25) is 0 Å². The van der Waals surface area contributed by atoms with E-state index in [2.05, 4.69) is 24.1 Å². The number of rotatable bonds is 7. The molecule has 0 spiro atoms. The topological polar surface area (TPSA) is 75.4 Å². The van der Waals surface area contributed by atoms with Gasteiger partial charge in [0.1, 0.15) is 0 Å². The third kappa shape index (κ3) is 3.51. The molecule has 0 heterocycles. The average molecular weight is 329 g/mol. The summed E-state index contributed by atoms with van der Waals surface area (Å²) < 4.78 is 0. The molecule has 24 heavy (non-hydrogen) atoms. The SMILES string of the molecule is CCN(CC)CCC1(C(N)=O)CC(NC(C)=O)=C2C=CC=CC=C21. The number of nitrogens with two attached hydrogens (primary N) is 1. The monoisotopic (exact) mass is 329 g/mol. The Bertz CT molecular complexity index is 639. The largest absolute Gasteiger partial charge is 0.369 e. The van der Waals surface area contributed by atoms with Crippen LogP contribution in [0.1, 0.15) is 33.6 Å². The zero-order valence-corrected chi connectivity index (χ0v) is 14.8. The number of fused-ring (bicyclic) bond motifs is 1.